The van der Waals surface area contributed by atoms with Crippen molar-refractivity contribution in [2.24, 2.45) is 0 Å². The van der Waals surface area contributed by atoms with E-state index in [-0.39, 0.29) is 6.04 Å². The SMILES string of the molecule is C[C@@H](NCc1cnn2ccccc12)c1cccnc1. The summed E-state index contributed by atoms with van der Waals surface area (Å²) in [5.74, 6) is 0. The monoisotopic (exact) mass is 252 g/mol. The molecule has 0 aliphatic rings. The van der Waals surface area contributed by atoms with Gasteiger partial charge in [0.25, 0.3) is 0 Å². The molecule has 0 aliphatic carbocycles. The second kappa shape index (κ2) is 5.20. The zero-order valence-electron chi connectivity index (χ0n) is 10.8. The van der Waals surface area contributed by atoms with Gasteiger partial charge >= 0.3 is 0 Å². The Morgan fingerprint density at radius 2 is 2.16 bits per heavy atom. The summed E-state index contributed by atoms with van der Waals surface area (Å²) in [5.41, 5.74) is 3.55. The number of nitrogens with one attached hydrogen (secondary N) is 1. The number of fused-ring (bicyclic) bond motifs is 1. The van der Waals surface area contributed by atoms with Crippen LogP contribution in [0.25, 0.3) is 5.52 Å². The minimum Gasteiger partial charge on any atom is -0.306 e. The van der Waals surface area contributed by atoms with Crippen LogP contribution in [0.3, 0.4) is 0 Å². The van der Waals surface area contributed by atoms with Crippen LogP contribution in [0.1, 0.15) is 24.1 Å². The highest BCUT2D eigenvalue weighted by Crippen LogP contribution is 2.14. The Morgan fingerprint density at radius 1 is 1.21 bits per heavy atom. The molecule has 0 bridgehead atoms. The number of hydrogen-bond donors (Lipinski definition) is 1. The Hall–Kier alpha value is -2.20. The normalized spacial score (nSPS) is 12.7. The molecular weight excluding hydrogens is 236 g/mol. The van der Waals surface area contributed by atoms with Crippen LogP contribution in [-0.4, -0.2) is 14.6 Å². The van der Waals surface area contributed by atoms with Crippen LogP contribution in [0, 0.1) is 0 Å². The lowest BCUT2D eigenvalue weighted by Gasteiger charge is -2.13. The largest absolute Gasteiger partial charge is 0.306 e. The third-order valence-corrected chi connectivity index (χ3v) is 3.29. The minimum atomic E-state index is 0.271. The molecule has 0 spiro atoms. The molecule has 96 valence electrons. The molecule has 19 heavy (non-hydrogen) atoms. The van der Waals surface area contributed by atoms with E-state index in [1.807, 2.05) is 41.3 Å². The number of aromatic nitrogens is 3. The lowest BCUT2D eigenvalue weighted by atomic mass is 10.1. The summed E-state index contributed by atoms with van der Waals surface area (Å²) in [5, 5.41) is 7.83. The lowest BCUT2D eigenvalue weighted by Crippen LogP contribution is -2.18. The summed E-state index contributed by atoms with van der Waals surface area (Å²) in [6.07, 6.45) is 7.57. The van der Waals surface area contributed by atoms with Gasteiger partial charge in [-0.3, -0.25) is 4.98 Å². The number of hydrogen-bond acceptors (Lipinski definition) is 3. The van der Waals surface area contributed by atoms with Crippen molar-refractivity contribution in [2.75, 3.05) is 0 Å². The molecule has 1 atom stereocenters. The molecule has 4 nitrogen and oxygen atoms in total. The van der Waals surface area contributed by atoms with Gasteiger partial charge in [0.05, 0.1) is 11.7 Å². The van der Waals surface area contributed by atoms with E-state index in [2.05, 4.69) is 34.5 Å². The van der Waals surface area contributed by atoms with Crippen molar-refractivity contribution in [2.45, 2.75) is 19.5 Å². The van der Waals surface area contributed by atoms with E-state index in [9.17, 15) is 0 Å². The van der Waals surface area contributed by atoms with Crippen molar-refractivity contribution in [3.63, 3.8) is 0 Å². The summed E-state index contributed by atoms with van der Waals surface area (Å²) < 4.78 is 1.89. The van der Waals surface area contributed by atoms with Crippen molar-refractivity contribution in [3.05, 3.63) is 66.2 Å². The molecule has 0 aliphatic heterocycles. The molecule has 0 radical (unpaired) electrons. The number of pyridine rings is 2. The number of rotatable bonds is 4. The molecule has 3 aromatic rings. The molecule has 3 rings (SSSR count). The number of nitrogens with zero attached hydrogens (tertiary/aromatic N) is 3. The quantitative estimate of drug-likeness (QED) is 0.776. The average Bonchev–Trinajstić information content (AvgIpc) is 2.89. The molecule has 0 saturated carbocycles. The van der Waals surface area contributed by atoms with Gasteiger partial charge in [0.1, 0.15) is 0 Å². The first-order valence-corrected chi connectivity index (χ1v) is 6.39. The molecule has 3 heterocycles. The zero-order valence-corrected chi connectivity index (χ0v) is 10.8. The minimum absolute atomic E-state index is 0.271. The van der Waals surface area contributed by atoms with Gasteiger partial charge in [-0.15, -0.1) is 0 Å². The first-order chi connectivity index (χ1) is 9.34. The summed E-state index contributed by atoms with van der Waals surface area (Å²) in [6.45, 7) is 2.94. The van der Waals surface area contributed by atoms with Crippen molar-refractivity contribution in [1.82, 2.24) is 19.9 Å². The Kier molecular flexibility index (Phi) is 3.25. The molecule has 0 saturated heterocycles. The van der Waals surface area contributed by atoms with Gasteiger partial charge < -0.3 is 5.32 Å². The van der Waals surface area contributed by atoms with Gasteiger partial charge in [-0.1, -0.05) is 12.1 Å². The fourth-order valence-electron chi connectivity index (χ4n) is 2.14. The van der Waals surface area contributed by atoms with Crippen molar-refractivity contribution in [3.8, 4) is 0 Å². The second-order valence-electron chi connectivity index (χ2n) is 4.59. The van der Waals surface area contributed by atoms with E-state index in [1.165, 1.54) is 11.1 Å². The highest BCUT2D eigenvalue weighted by Gasteiger charge is 2.07. The third-order valence-electron chi connectivity index (χ3n) is 3.29. The molecule has 0 aromatic carbocycles. The second-order valence-corrected chi connectivity index (χ2v) is 4.59. The van der Waals surface area contributed by atoms with Crippen LogP contribution < -0.4 is 5.32 Å². The van der Waals surface area contributed by atoms with Crippen LogP contribution in [0.4, 0.5) is 0 Å². The summed E-state index contributed by atoms with van der Waals surface area (Å²) in [7, 11) is 0. The van der Waals surface area contributed by atoms with Crippen LogP contribution >= 0.6 is 0 Å². The molecule has 0 fully saturated rings. The van der Waals surface area contributed by atoms with E-state index >= 15 is 0 Å². The van der Waals surface area contributed by atoms with Gasteiger partial charge in [-0.05, 0) is 30.7 Å². The topological polar surface area (TPSA) is 42.2 Å². The summed E-state index contributed by atoms with van der Waals surface area (Å²) >= 11 is 0. The van der Waals surface area contributed by atoms with Crippen molar-refractivity contribution >= 4 is 5.52 Å². The van der Waals surface area contributed by atoms with E-state index in [0.29, 0.717) is 0 Å². The van der Waals surface area contributed by atoms with Gasteiger partial charge in [0, 0.05) is 36.7 Å². The van der Waals surface area contributed by atoms with Crippen LogP contribution in [-0.2, 0) is 6.54 Å². The summed E-state index contributed by atoms with van der Waals surface area (Å²) in [4.78, 5) is 4.14. The Balaban J connectivity index is 1.73. The molecule has 0 amide bonds. The molecule has 1 N–H and O–H groups in total. The van der Waals surface area contributed by atoms with Gasteiger partial charge in [-0.2, -0.15) is 5.10 Å². The van der Waals surface area contributed by atoms with Gasteiger partial charge in [0.15, 0.2) is 0 Å². The summed E-state index contributed by atoms with van der Waals surface area (Å²) in [6, 6.07) is 10.4. The molecular formula is C15H16N4. The van der Waals surface area contributed by atoms with Gasteiger partial charge in [-0.25, -0.2) is 4.52 Å². The first kappa shape index (κ1) is 11.9. The van der Waals surface area contributed by atoms with Crippen molar-refractivity contribution in [1.29, 1.82) is 0 Å². The highest BCUT2D eigenvalue weighted by atomic mass is 15.2. The Bertz CT molecular complexity index is 660. The van der Waals surface area contributed by atoms with Crippen LogP contribution in [0.5, 0.6) is 0 Å². The lowest BCUT2D eigenvalue weighted by molar-refractivity contribution is 0.574. The predicted molar refractivity (Wildman–Crippen MR) is 74.7 cm³/mol. The average molecular weight is 252 g/mol. The van der Waals surface area contributed by atoms with E-state index in [1.54, 1.807) is 6.20 Å². The standard InChI is InChI=1S/C15H16N4/c1-12(13-5-4-7-16-9-13)17-10-14-11-18-19-8-3-2-6-15(14)19/h2-9,11-12,17H,10H2,1H3/t12-/m1/s1. The molecule has 0 unspecified atom stereocenters. The Morgan fingerprint density at radius 3 is 3.00 bits per heavy atom. The van der Waals surface area contributed by atoms with Crippen LogP contribution in [0.15, 0.2) is 55.1 Å². The van der Waals surface area contributed by atoms with Crippen LogP contribution in [0.2, 0.25) is 0 Å². The zero-order chi connectivity index (χ0) is 13.1. The van der Waals surface area contributed by atoms with Gasteiger partial charge in [0.2, 0.25) is 0 Å². The van der Waals surface area contributed by atoms with Crippen molar-refractivity contribution < 1.29 is 0 Å². The predicted octanol–water partition coefficient (Wildman–Crippen LogP) is 2.58. The maximum Gasteiger partial charge on any atom is 0.0706 e. The Labute approximate surface area is 112 Å². The first-order valence-electron chi connectivity index (χ1n) is 6.39. The van der Waals surface area contributed by atoms with E-state index < -0.39 is 0 Å². The molecule has 4 heteroatoms. The molecule has 3 aromatic heterocycles. The highest BCUT2D eigenvalue weighted by molar-refractivity contribution is 5.53. The fourth-order valence-corrected chi connectivity index (χ4v) is 2.14. The fraction of sp³-hybridized carbons (Fsp3) is 0.200. The third kappa shape index (κ3) is 2.48. The van der Waals surface area contributed by atoms with E-state index in [4.69, 9.17) is 0 Å². The van der Waals surface area contributed by atoms with E-state index in [0.717, 1.165) is 12.1 Å². The smallest absolute Gasteiger partial charge is 0.0706 e. The maximum absolute atomic E-state index is 4.33. The maximum atomic E-state index is 4.33.